The van der Waals surface area contributed by atoms with Crippen LogP contribution in [0.2, 0.25) is 0 Å². The first kappa shape index (κ1) is 33.2. The van der Waals surface area contributed by atoms with Gasteiger partial charge < -0.3 is 19.4 Å². The van der Waals surface area contributed by atoms with Gasteiger partial charge in [-0.1, -0.05) is 12.6 Å². The summed E-state index contributed by atoms with van der Waals surface area (Å²) in [6.07, 6.45) is 7.11. The molecule has 4 saturated heterocycles. The number of rotatable bonds is 8. The van der Waals surface area contributed by atoms with Crippen molar-refractivity contribution in [3.63, 3.8) is 0 Å². The molecule has 6 heterocycles. The van der Waals surface area contributed by atoms with Gasteiger partial charge in [-0.2, -0.15) is 23.3 Å². The van der Waals surface area contributed by atoms with Gasteiger partial charge in [-0.05, 0) is 106 Å². The van der Waals surface area contributed by atoms with Crippen molar-refractivity contribution in [1.29, 1.82) is 0 Å². The predicted molar refractivity (Wildman–Crippen MR) is 197 cm³/mol. The normalized spacial score (nSPS) is 22.5. The van der Waals surface area contributed by atoms with E-state index in [0.29, 0.717) is 23.1 Å². The van der Waals surface area contributed by atoms with E-state index in [1.807, 2.05) is 24.0 Å². The lowest BCUT2D eigenvalue weighted by Gasteiger charge is -2.54. The highest BCUT2D eigenvalue weighted by atomic mass is 19.4. The van der Waals surface area contributed by atoms with E-state index in [2.05, 4.69) is 37.5 Å². The minimum atomic E-state index is -4.54. The smallest absolute Gasteiger partial charge is 0.422 e. The monoisotopic (exact) mass is 726 g/mol. The Bertz CT molecular complexity index is 2140. The van der Waals surface area contributed by atoms with Gasteiger partial charge in [0.05, 0.1) is 17.3 Å². The number of benzene rings is 2. The van der Waals surface area contributed by atoms with Crippen molar-refractivity contribution in [2.45, 2.75) is 82.0 Å². The number of carbonyl (C=O) groups excluding carboxylic acids is 1. The summed E-state index contributed by atoms with van der Waals surface area (Å²) in [6, 6.07) is 6.76. The Morgan fingerprint density at radius 1 is 1.00 bits per heavy atom. The number of nitrogens with one attached hydrogen (secondary N) is 1. The first-order valence-corrected chi connectivity index (χ1v) is 19.2. The molecule has 0 unspecified atom stereocenters. The van der Waals surface area contributed by atoms with Crippen LogP contribution in [0.1, 0.15) is 68.4 Å². The lowest BCUT2D eigenvalue weighted by atomic mass is 9.72. The van der Waals surface area contributed by atoms with E-state index in [0.717, 1.165) is 117 Å². The number of H-pyrrole nitrogens is 1. The first-order chi connectivity index (χ1) is 25.5. The standard InChI is InChI=1S/C40H45F3N8O2/c1-3-31(52)49-19-38(20-49)12-15-48(16-13-38)36-28-17-27(25-6-7-25)33(32-24(2)5-10-30-29(32)18-44-47-30)35(53-23-40(41,42)43)34(28)45-37(46-36)50-21-39(22-50)11-4-14-51(39)26-8-9-26/h3,5,10,17-18,25-26H,1,4,6-9,11-16,19-23H2,2H3,(H,44,47). The van der Waals surface area contributed by atoms with Gasteiger partial charge in [-0.15, -0.1) is 0 Å². The topological polar surface area (TPSA) is 93.7 Å². The second-order valence-corrected chi connectivity index (χ2v) is 16.7. The zero-order valence-corrected chi connectivity index (χ0v) is 30.1. The molecular weight excluding hydrogens is 681 g/mol. The van der Waals surface area contributed by atoms with Crippen LogP contribution in [0, 0.1) is 12.3 Å². The molecule has 53 heavy (non-hydrogen) atoms. The number of hydrogen-bond donors (Lipinski definition) is 1. The number of amides is 1. The molecule has 6 fully saturated rings. The van der Waals surface area contributed by atoms with E-state index in [-0.39, 0.29) is 28.5 Å². The van der Waals surface area contributed by atoms with Gasteiger partial charge >= 0.3 is 6.18 Å². The zero-order chi connectivity index (χ0) is 36.3. The maximum Gasteiger partial charge on any atom is 0.422 e. The molecule has 4 aliphatic heterocycles. The minimum absolute atomic E-state index is 0.0320. The lowest BCUT2D eigenvalue weighted by molar-refractivity contribution is -0.153. The summed E-state index contributed by atoms with van der Waals surface area (Å²) < 4.78 is 48.4. The van der Waals surface area contributed by atoms with Gasteiger partial charge in [-0.25, -0.2) is 4.98 Å². The summed E-state index contributed by atoms with van der Waals surface area (Å²) in [6.45, 7) is 9.86. The Labute approximate surface area is 306 Å². The van der Waals surface area contributed by atoms with Gasteiger partial charge in [0.25, 0.3) is 0 Å². The Balaban J connectivity index is 1.12. The zero-order valence-electron chi connectivity index (χ0n) is 30.1. The molecule has 13 heteroatoms. The number of nitrogens with zero attached hydrogens (tertiary/aromatic N) is 7. The molecule has 10 nitrogen and oxygen atoms in total. The molecule has 2 aromatic carbocycles. The van der Waals surface area contributed by atoms with Crippen LogP contribution in [0.3, 0.4) is 0 Å². The van der Waals surface area contributed by atoms with Crippen LogP contribution in [0.4, 0.5) is 24.9 Å². The number of alkyl halides is 3. The Morgan fingerprint density at radius 2 is 1.77 bits per heavy atom. The van der Waals surface area contributed by atoms with Gasteiger partial charge in [0.1, 0.15) is 11.3 Å². The molecule has 2 spiro atoms. The highest BCUT2D eigenvalue weighted by Crippen LogP contribution is 2.54. The second kappa shape index (κ2) is 11.8. The number of ether oxygens (including phenoxy) is 1. The Morgan fingerprint density at radius 3 is 2.47 bits per heavy atom. The van der Waals surface area contributed by atoms with E-state index in [9.17, 15) is 18.0 Å². The van der Waals surface area contributed by atoms with Crippen LogP contribution in [0.25, 0.3) is 32.9 Å². The molecule has 4 aromatic rings. The lowest BCUT2D eigenvalue weighted by Crippen LogP contribution is -2.68. The molecule has 10 rings (SSSR count). The molecule has 1 amide bonds. The maximum absolute atomic E-state index is 14.1. The van der Waals surface area contributed by atoms with Crippen molar-refractivity contribution in [3.8, 4) is 16.9 Å². The number of fused-ring (bicyclic) bond motifs is 2. The van der Waals surface area contributed by atoms with Crippen molar-refractivity contribution in [3.05, 3.63) is 48.2 Å². The number of hydrogen-bond acceptors (Lipinski definition) is 8. The van der Waals surface area contributed by atoms with Crippen LogP contribution in [0.15, 0.2) is 37.1 Å². The minimum Gasteiger partial charge on any atom is -0.481 e. The van der Waals surface area contributed by atoms with E-state index in [1.54, 1.807) is 6.20 Å². The van der Waals surface area contributed by atoms with Gasteiger partial charge in [0.15, 0.2) is 12.4 Å². The molecule has 278 valence electrons. The molecule has 0 atom stereocenters. The summed E-state index contributed by atoms with van der Waals surface area (Å²) in [5.74, 6) is 1.64. The third-order valence-corrected chi connectivity index (χ3v) is 13.0. The average Bonchev–Trinajstić information content (AvgIpc) is 4.05. The van der Waals surface area contributed by atoms with Gasteiger partial charge in [-0.3, -0.25) is 14.8 Å². The highest BCUT2D eigenvalue weighted by molar-refractivity contribution is 6.06. The van der Waals surface area contributed by atoms with E-state index >= 15 is 0 Å². The number of likely N-dealkylation sites (tertiary alicyclic amines) is 2. The van der Waals surface area contributed by atoms with Crippen LogP contribution in [-0.2, 0) is 4.79 Å². The summed E-state index contributed by atoms with van der Waals surface area (Å²) in [5, 5.41) is 8.94. The number of carbonyl (C=O) groups is 1. The molecule has 0 radical (unpaired) electrons. The molecule has 6 aliphatic rings. The van der Waals surface area contributed by atoms with Crippen LogP contribution < -0.4 is 14.5 Å². The predicted octanol–water partition coefficient (Wildman–Crippen LogP) is 6.73. The first-order valence-electron chi connectivity index (χ1n) is 19.2. The van der Waals surface area contributed by atoms with E-state index in [4.69, 9.17) is 14.7 Å². The van der Waals surface area contributed by atoms with Crippen molar-refractivity contribution in [1.82, 2.24) is 30.0 Å². The summed E-state index contributed by atoms with van der Waals surface area (Å²) in [4.78, 5) is 31.9. The third-order valence-electron chi connectivity index (χ3n) is 13.0. The fraction of sp³-hybridized carbons (Fsp3) is 0.550. The van der Waals surface area contributed by atoms with Crippen molar-refractivity contribution < 1.29 is 22.7 Å². The molecule has 2 saturated carbocycles. The highest BCUT2D eigenvalue weighted by Gasteiger charge is 2.55. The summed E-state index contributed by atoms with van der Waals surface area (Å²) in [5.41, 5.74) is 4.83. The van der Waals surface area contributed by atoms with Crippen molar-refractivity contribution >= 4 is 39.5 Å². The van der Waals surface area contributed by atoms with Crippen molar-refractivity contribution in [2.75, 3.05) is 62.2 Å². The van der Waals surface area contributed by atoms with E-state index in [1.165, 1.54) is 25.3 Å². The number of aromatic nitrogens is 4. The summed E-state index contributed by atoms with van der Waals surface area (Å²) >= 11 is 0. The Kier molecular flexibility index (Phi) is 7.39. The number of aryl methyl sites for hydroxylation is 1. The largest absolute Gasteiger partial charge is 0.481 e. The third kappa shape index (κ3) is 5.55. The van der Waals surface area contributed by atoms with Crippen molar-refractivity contribution in [2.24, 2.45) is 5.41 Å². The number of anilines is 2. The average molecular weight is 727 g/mol. The van der Waals surface area contributed by atoms with E-state index < -0.39 is 12.8 Å². The quantitative estimate of drug-likeness (QED) is 0.200. The second-order valence-electron chi connectivity index (χ2n) is 16.7. The molecule has 1 N–H and O–H groups in total. The maximum atomic E-state index is 14.1. The number of aromatic amines is 1. The molecular formula is C40H45F3N8O2. The van der Waals surface area contributed by atoms with Crippen LogP contribution in [-0.4, -0.2) is 106 Å². The number of halogens is 3. The summed E-state index contributed by atoms with van der Waals surface area (Å²) in [7, 11) is 0. The molecule has 0 bridgehead atoms. The molecule has 2 aromatic heterocycles. The van der Waals surface area contributed by atoms with Gasteiger partial charge in [0.2, 0.25) is 11.9 Å². The molecule has 2 aliphatic carbocycles. The Hall–Kier alpha value is -4.39. The number of piperidine rings is 1. The van der Waals surface area contributed by atoms with Crippen LogP contribution >= 0.6 is 0 Å². The fourth-order valence-corrected chi connectivity index (χ4v) is 9.96. The van der Waals surface area contributed by atoms with Gasteiger partial charge in [0, 0.05) is 67.1 Å². The SMILES string of the molecule is C=CC(=O)N1CC2(CCN(c3nc(N4CC5(CCCN5C5CC5)C4)nc4c(OCC(F)(F)F)c(-c5c(C)ccc6[nH]ncc56)c(C5CC5)cc34)CC2)C1. The fourth-order valence-electron chi connectivity index (χ4n) is 9.96. The van der Waals surface area contributed by atoms with Crippen LogP contribution in [0.5, 0.6) is 5.75 Å².